The van der Waals surface area contributed by atoms with Gasteiger partial charge in [-0.3, -0.25) is 19.4 Å². The van der Waals surface area contributed by atoms with E-state index in [1.54, 1.807) is 25.3 Å². The fourth-order valence-corrected chi connectivity index (χ4v) is 2.66. The van der Waals surface area contributed by atoms with Gasteiger partial charge in [-0.25, -0.2) is 4.39 Å². The van der Waals surface area contributed by atoms with E-state index in [0.717, 1.165) is 4.57 Å². The Labute approximate surface area is 166 Å². The molecule has 1 atom stereocenters. The minimum atomic E-state index is -0.474. The maximum absolute atomic E-state index is 12.9. The largest absolute Gasteiger partial charge is 0.344 e. The van der Waals surface area contributed by atoms with Crippen molar-refractivity contribution < 1.29 is 14.0 Å². The number of amides is 2. The van der Waals surface area contributed by atoms with Crippen molar-refractivity contribution in [3.05, 3.63) is 94.4 Å². The lowest BCUT2D eigenvalue weighted by atomic mass is 10.2. The second-order valence-electron chi connectivity index (χ2n) is 6.39. The number of hydrogen-bond acceptors (Lipinski definition) is 4. The zero-order valence-corrected chi connectivity index (χ0v) is 15.6. The van der Waals surface area contributed by atoms with E-state index in [-0.39, 0.29) is 18.2 Å². The van der Waals surface area contributed by atoms with Gasteiger partial charge in [-0.15, -0.1) is 0 Å². The number of hydrogen-bond donors (Lipinski definition) is 2. The van der Waals surface area contributed by atoms with Crippen LogP contribution in [-0.2, 0) is 11.3 Å². The molecule has 2 amide bonds. The van der Waals surface area contributed by atoms with Crippen molar-refractivity contribution in [3.8, 4) is 0 Å². The minimum absolute atomic E-state index is 0.238. The summed E-state index contributed by atoms with van der Waals surface area (Å²) >= 11 is 0. The van der Waals surface area contributed by atoms with Gasteiger partial charge >= 0.3 is 0 Å². The highest BCUT2D eigenvalue weighted by Gasteiger charge is 2.14. The van der Waals surface area contributed by atoms with Gasteiger partial charge in [0, 0.05) is 24.1 Å². The van der Waals surface area contributed by atoms with Gasteiger partial charge in [0.1, 0.15) is 12.4 Å². The number of carbonyl (C=O) groups is 2. The predicted octanol–water partition coefficient (Wildman–Crippen LogP) is 2.51. The first kappa shape index (κ1) is 19.9. The summed E-state index contributed by atoms with van der Waals surface area (Å²) in [7, 11) is 0. The summed E-state index contributed by atoms with van der Waals surface area (Å²) in [6, 6.07) is 13.0. The Morgan fingerprint density at radius 2 is 1.86 bits per heavy atom. The lowest BCUT2D eigenvalue weighted by molar-refractivity contribution is -0.116. The first-order valence-corrected chi connectivity index (χ1v) is 8.90. The molecule has 0 aliphatic carbocycles. The molecule has 8 heteroatoms. The third-order valence-corrected chi connectivity index (χ3v) is 4.17. The smallest absolute Gasteiger partial charge is 0.253 e. The van der Waals surface area contributed by atoms with Crippen molar-refractivity contribution in [1.82, 2.24) is 14.9 Å². The number of carbonyl (C=O) groups excluding carboxylic acids is 2. The molecule has 3 aromatic rings. The molecule has 0 bridgehead atoms. The van der Waals surface area contributed by atoms with E-state index in [9.17, 15) is 18.8 Å². The van der Waals surface area contributed by atoms with Crippen LogP contribution in [0.1, 0.15) is 29.0 Å². The van der Waals surface area contributed by atoms with Gasteiger partial charge in [0.2, 0.25) is 5.91 Å². The van der Waals surface area contributed by atoms with Gasteiger partial charge in [0.05, 0.1) is 17.3 Å². The van der Waals surface area contributed by atoms with Gasteiger partial charge in [-0.2, -0.15) is 0 Å². The first-order valence-electron chi connectivity index (χ1n) is 8.90. The molecule has 29 heavy (non-hydrogen) atoms. The van der Waals surface area contributed by atoms with Crippen LogP contribution in [0.4, 0.5) is 10.1 Å². The highest BCUT2D eigenvalue weighted by molar-refractivity contribution is 5.94. The molecule has 1 aromatic carbocycles. The van der Waals surface area contributed by atoms with Gasteiger partial charge in [0.25, 0.3) is 11.5 Å². The van der Waals surface area contributed by atoms with Crippen LogP contribution in [-0.4, -0.2) is 21.4 Å². The summed E-state index contributed by atoms with van der Waals surface area (Å²) in [5.74, 6) is -1.29. The van der Waals surface area contributed by atoms with Crippen molar-refractivity contribution in [2.45, 2.75) is 19.5 Å². The quantitative estimate of drug-likeness (QED) is 0.672. The third-order valence-electron chi connectivity index (χ3n) is 4.17. The molecule has 148 valence electrons. The molecular weight excluding hydrogens is 375 g/mol. The SMILES string of the molecule is C[C@@H](NC(=O)c1ccc(=O)n(CC(=O)Nc2ccc(F)cc2)c1)c1ccccn1. The maximum Gasteiger partial charge on any atom is 0.253 e. The number of pyridine rings is 2. The summed E-state index contributed by atoms with van der Waals surface area (Å²) in [6.07, 6.45) is 2.96. The van der Waals surface area contributed by atoms with E-state index in [1.807, 2.05) is 6.07 Å². The zero-order valence-electron chi connectivity index (χ0n) is 15.6. The standard InChI is InChI=1S/C21H19FN4O3/c1-14(18-4-2-3-11-23-18)24-21(29)15-5-10-20(28)26(12-15)13-19(27)25-17-8-6-16(22)7-9-17/h2-12,14H,13H2,1H3,(H,24,29)(H,25,27)/t14-/m1/s1. The van der Waals surface area contributed by atoms with Crippen molar-refractivity contribution in [3.63, 3.8) is 0 Å². The van der Waals surface area contributed by atoms with Crippen LogP contribution >= 0.6 is 0 Å². The lowest BCUT2D eigenvalue weighted by Crippen LogP contribution is -2.31. The molecule has 3 rings (SSSR count). The van der Waals surface area contributed by atoms with Gasteiger partial charge in [0.15, 0.2) is 0 Å². The third kappa shape index (κ3) is 5.35. The van der Waals surface area contributed by atoms with Gasteiger partial charge in [-0.05, 0) is 49.4 Å². The number of nitrogens with one attached hydrogen (secondary N) is 2. The normalized spacial score (nSPS) is 11.5. The number of rotatable bonds is 6. The van der Waals surface area contributed by atoms with Gasteiger partial charge < -0.3 is 15.2 Å². The van der Waals surface area contributed by atoms with Crippen LogP contribution in [0.2, 0.25) is 0 Å². The van der Waals surface area contributed by atoms with Crippen LogP contribution < -0.4 is 16.2 Å². The van der Waals surface area contributed by atoms with E-state index < -0.39 is 23.2 Å². The Kier molecular flexibility index (Phi) is 6.13. The Morgan fingerprint density at radius 3 is 2.55 bits per heavy atom. The van der Waals surface area contributed by atoms with E-state index >= 15 is 0 Å². The number of anilines is 1. The molecule has 0 spiro atoms. The Hall–Kier alpha value is -3.81. The summed E-state index contributed by atoms with van der Waals surface area (Å²) in [5.41, 5.74) is 0.922. The molecule has 0 aliphatic rings. The molecule has 0 radical (unpaired) electrons. The summed E-state index contributed by atoms with van der Waals surface area (Å²) < 4.78 is 14.1. The van der Waals surface area contributed by atoms with Crippen LogP contribution in [0.5, 0.6) is 0 Å². The Balaban J connectivity index is 1.68. The summed E-state index contributed by atoms with van der Waals surface area (Å²) in [5, 5.41) is 5.38. The Morgan fingerprint density at radius 1 is 1.10 bits per heavy atom. The van der Waals surface area contributed by atoms with E-state index in [2.05, 4.69) is 15.6 Å². The van der Waals surface area contributed by atoms with Crippen molar-refractivity contribution in [2.24, 2.45) is 0 Å². The second kappa shape index (κ2) is 8.92. The van der Waals surface area contributed by atoms with Crippen molar-refractivity contribution in [1.29, 1.82) is 0 Å². The minimum Gasteiger partial charge on any atom is -0.344 e. The topological polar surface area (TPSA) is 93.1 Å². The fraction of sp³-hybridized carbons (Fsp3) is 0.143. The van der Waals surface area contributed by atoms with Crippen molar-refractivity contribution >= 4 is 17.5 Å². The number of benzene rings is 1. The maximum atomic E-state index is 12.9. The number of aromatic nitrogens is 2. The molecule has 0 fully saturated rings. The van der Waals surface area contributed by atoms with Crippen LogP contribution in [0.3, 0.4) is 0 Å². The summed E-state index contributed by atoms with van der Waals surface area (Å²) in [6.45, 7) is 1.51. The average molecular weight is 394 g/mol. The van der Waals surface area contributed by atoms with E-state index in [1.165, 1.54) is 42.6 Å². The number of halogens is 1. The van der Waals surface area contributed by atoms with Crippen LogP contribution in [0.15, 0.2) is 71.8 Å². The molecule has 0 aliphatic heterocycles. The highest BCUT2D eigenvalue weighted by atomic mass is 19.1. The molecule has 2 heterocycles. The van der Waals surface area contributed by atoms with Gasteiger partial charge in [-0.1, -0.05) is 6.07 Å². The van der Waals surface area contributed by atoms with E-state index in [0.29, 0.717) is 11.4 Å². The fourth-order valence-electron chi connectivity index (χ4n) is 2.66. The second-order valence-corrected chi connectivity index (χ2v) is 6.39. The van der Waals surface area contributed by atoms with E-state index in [4.69, 9.17) is 0 Å². The molecule has 2 N–H and O–H groups in total. The molecule has 7 nitrogen and oxygen atoms in total. The monoisotopic (exact) mass is 394 g/mol. The number of nitrogens with zero attached hydrogens (tertiary/aromatic N) is 2. The molecule has 0 saturated heterocycles. The predicted molar refractivity (Wildman–Crippen MR) is 106 cm³/mol. The molecule has 0 unspecified atom stereocenters. The van der Waals surface area contributed by atoms with Crippen molar-refractivity contribution in [2.75, 3.05) is 5.32 Å². The Bertz CT molecular complexity index is 1070. The zero-order chi connectivity index (χ0) is 20.8. The highest BCUT2D eigenvalue weighted by Crippen LogP contribution is 2.10. The summed E-state index contributed by atoms with van der Waals surface area (Å²) in [4.78, 5) is 41.0. The van der Waals surface area contributed by atoms with Crippen LogP contribution in [0, 0.1) is 5.82 Å². The average Bonchev–Trinajstić information content (AvgIpc) is 2.72. The molecular formula is C21H19FN4O3. The lowest BCUT2D eigenvalue weighted by Gasteiger charge is -2.14. The molecule has 2 aromatic heterocycles. The first-order chi connectivity index (χ1) is 13.9. The van der Waals surface area contributed by atoms with Crippen LogP contribution in [0.25, 0.3) is 0 Å². The molecule has 0 saturated carbocycles.